The Morgan fingerprint density at radius 3 is 2.52 bits per heavy atom. The van der Waals surface area contributed by atoms with Crippen LogP contribution in [0.1, 0.15) is 22.7 Å². The number of H-pyrrole nitrogens is 1. The highest BCUT2D eigenvalue weighted by Crippen LogP contribution is 2.27. The average molecular weight is 434 g/mol. The summed E-state index contributed by atoms with van der Waals surface area (Å²) in [6.45, 7) is 0. The van der Waals surface area contributed by atoms with Crippen LogP contribution in [0.2, 0.25) is 5.02 Å². The van der Waals surface area contributed by atoms with Gasteiger partial charge in [-0.2, -0.15) is 0 Å². The quantitative estimate of drug-likeness (QED) is 0.346. The number of aromatic amines is 1. The van der Waals surface area contributed by atoms with Crippen molar-refractivity contribution in [2.45, 2.75) is 12.8 Å². The number of hydrogen-bond acceptors (Lipinski definition) is 3. The predicted molar refractivity (Wildman–Crippen MR) is 121 cm³/mol. The van der Waals surface area contributed by atoms with E-state index in [-0.39, 0.29) is 18.1 Å². The molecule has 31 heavy (non-hydrogen) atoms. The van der Waals surface area contributed by atoms with Crippen molar-refractivity contribution in [2.24, 2.45) is 0 Å². The zero-order valence-electron chi connectivity index (χ0n) is 16.5. The third-order valence-corrected chi connectivity index (χ3v) is 4.94. The third kappa shape index (κ3) is 5.24. The molecule has 0 spiro atoms. The van der Waals surface area contributed by atoms with Gasteiger partial charge in [0.05, 0.1) is 17.6 Å². The van der Waals surface area contributed by atoms with Gasteiger partial charge in [-0.15, -0.1) is 0 Å². The maximum Gasteiger partial charge on any atom is 0.291 e. The van der Waals surface area contributed by atoms with Crippen LogP contribution in [-0.4, -0.2) is 16.8 Å². The van der Waals surface area contributed by atoms with E-state index in [0.29, 0.717) is 22.8 Å². The topological polar surface area (TPSA) is 87.1 Å². The maximum absolute atomic E-state index is 12.5. The summed E-state index contributed by atoms with van der Waals surface area (Å²) >= 11 is 6.06. The molecule has 0 unspecified atom stereocenters. The van der Waals surface area contributed by atoms with E-state index in [1.807, 2.05) is 42.5 Å². The molecule has 0 saturated carbocycles. The number of furan rings is 1. The van der Waals surface area contributed by atoms with E-state index < -0.39 is 5.91 Å². The lowest BCUT2D eigenvalue weighted by Gasteiger charge is -2.12. The van der Waals surface area contributed by atoms with Crippen LogP contribution < -0.4 is 10.6 Å². The zero-order valence-corrected chi connectivity index (χ0v) is 17.3. The van der Waals surface area contributed by atoms with Gasteiger partial charge in [-0.25, -0.2) is 0 Å². The Morgan fingerprint density at radius 1 is 0.903 bits per heavy atom. The lowest BCUT2D eigenvalue weighted by atomic mass is 10.2. The average Bonchev–Trinajstić information content (AvgIpc) is 3.47. The number of carbonyl (C=O) groups is 2. The number of benzene rings is 2. The molecule has 0 aliphatic carbocycles. The molecule has 6 nitrogen and oxygen atoms in total. The van der Waals surface area contributed by atoms with E-state index in [9.17, 15) is 9.59 Å². The first kappa shape index (κ1) is 20.5. The number of aromatic nitrogens is 1. The molecule has 2 amide bonds. The summed E-state index contributed by atoms with van der Waals surface area (Å²) in [6, 6.07) is 22.0. The smallest absolute Gasteiger partial charge is 0.291 e. The number of amides is 2. The van der Waals surface area contributed by atoms with Crippen LogP contribution in [0.15, 0.2) is 83.5 Å². The molecule has 0 saturated heterocycles. The van der Waals surface area contributed by atoms with Crippen molar-refractivity contribution >= 4 is 34.8 Å². The molecule has 2 aromatic carbocycles. The van der Waals surface area contributed by atoms with E-state index in [2.05, 4.69) is 15.6 Å². The van der Waals surface area contributed by atoms with Crippen molar-refractivity contribution in [2.75, 3.05) is 10.6 Å². The molecule has 2 heterocycles. The SMILES string of the molecule is O=C(CCc1ccc(-c2ccccc2)[nH]1)Nc1ccc(Cl)cc1NC(=O)c1ccco1. The normalized spacial score (nSPS) is 10.6. The molecule has 0 radical (unpaired) electrons. The molecule has 7 heteroatoms. The van der Waals surface area contributed by atoms with Gasteiger partial charge in [-0.05, 0) is 54.4 Å². The second-order valence-electron chi connectivity index (χ2n) is 6.93. The lowest BCUT2D eigenvalue weighted by Crippen LogP contribution is -2.16. The van der Waals surface area contributed by atoms with Crippen molar-refractivity contribution in [3.05, 3.63) is 95.5 Å². The molecule has 0 bridgehead atoms. The Morgan fingerprint density at radius 2 is 1.74 bits per heavy atom. The highest BCUT2D eigenvalue weighted by Gasteiger charge is 2.14. The third-order valence-electron chi connectivity index (χ3n) is 4.70. The molecular weight excluding hydrogens is 414 g/mol. The number of aryl methyl sites for hydroxylation is 1. The molecule has 0 fully saturated rings. The summed E-state index contributed by atoms with van der Waals surface area (Å²) in [6.07, 6.45) is 2.25. The number of carbonyl (C=O) groups excluding carboxylic acids is 2. The van der Waals surface area contributed by atoms with Crippen molar-refractivity contribution in [1.82, 2.24) is 4.98 Å². The Bertz CT molecular complexity index is 1180. The van der Waals surface area contributed by atoms with Crippen molar-refractivity contribution in [1.29, 1.82) is 0 Å². The second kappa shape index (κ2) is 9.36. The fourth-order valence-corrected chi connectivity index (χ4v) is 3.33. The minimum Gasteiger partial charge on any atom is -0.459 e. The molecular formula is C24H20ClN3O3. The molecule has 4 aromatic rings. The molecule has 3 N–H and O–H groups in total. The fraction of sp³-hybridized carbons (Fsp3) is 0.0833. The Kier molecular flexibility index (Phi) is 6.19. The van der Waals surface area contributed by atoms with Crippen LogP contribution in [0.3, 0.4) is 0 Å². The molecule has 4 rings (SSSR count). The van der Waals surface area contributed by atoms with Crippen molar-refractivity contribution in [3.63, 3.8) is 0 Å². The highest BCUT2D eigenvalue weighted by molar-refractivity contribution is 6.31. The fourth-order valence-electron chi connectivity index (χ4n) is 3.15. The molecule has 0 atom stereocenters. The van der Waals surface area contributed by atoms with Gasteiger partial charge >= 0.3 is 0 Å². The first-order chi connectivity index (χ1) is 15.1. The first-order valence-corrected chi connectivity index (χ1v) is 10.1. The Labute approximate surface area is 184 Å². The van der Waals surface area contributed by atoms with Crippen LogP contribution in [0, 0.1) is 0 Å². The van der Waals surface area contributed by atoms with Gasteiger partial charge in [-0.1, -0.05) is 41.9 Å². The zero-order chi connectivity index (χ0) is 21.6. The molecule has 0 aliphatic rings. The summed E-state index contributed by atoms with van der Waals surface area (Å²) < 4.78 is 5.10. The van der Waals surface area contributed by atoms with Crippen LogP contribution >= 0.6 is 11.6 Å². The van der Waals surface area contributed by atoms with Gasteiger partial charge in [0.1, 0.15) is 0 Å². The highest BCUT2D eigenvalue weighted by atomic mass is 35.5. The minimum atomic E-state index is -0.428. The van der Waals surface area contributed by atoms with Crippen LogP contribution in [0.5, 0.6) is 0 Å². The van der Waals surface area contributed by atoms with E-state index in [1.165, 1.54) is 6.26 Å². The second-order valence-corrected chi connectivity index (χ2v) is 7.37. The number of rotatable bonds is 7. The van der Waals surface area contributed by atoms with Crippen LogP contribution in [0.4, 0.5) is 11.4 Å². The number of nitrogens with one attached hydrogen (secondary N) is 3. The first-order valence-electron chi connectivity index (χ1n) is 9.76. The summed E-state index contributed by atoms with van der Waals surface area (Å²) in [5.41, 5.74) is 3.93. The lowest BCUT2D eigenvalue weighted by molar-refractivity contribution is -0.116. The number of hydrogen-bond donors (Lipinski definition) is 3. The Hall–Kier alpha value is -3.77. The van der Waals surface area contributed by atoms with Crippen molar-refractivity contribution in [3.8, 4) is 11.3 Å². The molecule has 0 aliphatic heterocycles. The number of halogens is 1. The largest absolute Gasteiger partial charge is 0.459 e. The van der Waals surface area contributed by atoms with Crippen LogP contribution in [-0.2, 0) is 11.2 Å². The van der Waals surface area contributed by atoms with Gasteiger partial charge in [0, 0.05) is 22.8 Å². The van der Waals surface area contributed by atoms with Gasteiger partial charge in [0.25, 0.3) is 5.91 Å². The van der Waals surface area contributed by atoms with Gasteiger partial charge in [0.15, 0.2) is 5.76 Å². The summed E-state index contributed by atoms with van der Waals surface area (Å²) in [5.74, 6) is -0.438. The minimum absolute atomic E-state index is 0.165. The van der Waals surface area contributed by atoms with E-state index in [4.69, 9.17) is 16.0 Å². The van der Waals surface area contributed by atoms with Gasteiger partial charge in [-0.3, -0.25) is 9.59 Å². The maximum atomic E-state index is 12.5. The molecule has 2 aromatic heterocycles. The predicted octanol–water partition coefficient (Wildman–Crippen LogP) is 5.75. The van der Waals surface area contributed by atoms with E-state index in [1.54, 1.807) is 30.3 Å². The summed E-state index contributed by atoms with van der Waals surface area (Å²) in [7, 11) is 0. The summed E-state index contributed by atoms with van der Waals surface area (Å²) in [4.78, 5) is 28.2. The van der Waals surface area contributed by atoms with Crippen LogP contribution in [0.25, 0.3) is 11.3 Å². The monoisotopic (exact) mass is 433 g/mol. The Balaban J connectivity index is 1.38. The molecule has 156 valence electrons. The van der Waals surface area contributed by atoms with Gasteiger partial charge < -0.3 is 20.0 Å². The van der Waals surface area contributed by atoms with E-state index in [0.717, 1.165) is 17.0 Å². The van der Waals surface area contributed by atoms with Gasteiger partial charge in [0.2, 0.25) is 5.91 Å². The summed E-state index contributed by atoms with van der Waals surface area (Å²) in [5, 5.41) is 5.99. The standard InChI is InChI=1S/C24H20ClN3O3/c25-17-8-11-20(21(15-17)28-24(30)22-7-4-14-31-22)27-23(29)13-10-18-9-12-19(26-18)16-5-2-1-3-6-16/h1-9,11-12,14-15,26H,10,13H2,(H,27,29)(H,28,30). The van der Waals surface area contributed by atoms with Crippen molar-refractivity contribution < 1.29 is 14.0 Å². The van der Waals surface area contributed by atoms with E-state index >= 15 is 0 Å². The number of anilines is 2.